The predicted octanol–water partition coefficient (Wildman–Crippen LogP) is 0.839. The van der Waals surface area contributed by atoms with Crippen LogP contribution in [0.2, 0.25) is 0 Å². The largest absolute Gasteiger partial charge is 0.478 e. The molecule has 20 heavy (non-hydrogen) atoms. The smallest absolute Gasteiger partial charge is 0.335 e. The second-order valence-electron chi connectivity index (χ2n) is 4.94. The lowest BCUT2D eigenvalue weighted by Gasteiger charge is -2.29. The summed E-state index contributed by atoms with van der Waals surface area (Å²) in [6.07, 6.45) is 0.515. The monoisotopic (exact) mass is 299 g/mol. The molecule has 0 saturated carbocycles. The quantitative estimate of drug-likeness (QED) is 0.862. The van der Waals surface area contributed by atoms with Crippen LogP contribution < -0.4 is 0 Å². The second kappa shape index (κ2) is 5.51. The van der Waals surface area contributed by atoms with Gasteiger partial charge >= 0.3 is 5.97 Å². The minimum Gasteiger partial charge on any atom is -0.478 e. The first kappa shape index (κ1) is 15.0. The fraction of sp³-hybridized carbons (Fsp3) is 0.462. The van der Waals surface area contributed by atoms with E-state index in [1.807, 2.05) is 0 Å². The van der Waals surface area contributed by atoms with Crippen molar-refractivity contribution in [1.82, 2.24) is 4.31 Å². The van der Waals surface area contributed by atoms with Crippen molar-refractivity contribution in [3.8, 4) is 0 Å². The fourth-order valence-corrected chi connectivity index (χ4v) is 3.82. The first-order chi connectivity index (χ1) is 9.32. The number of sulfonamides is 1. The summed E-state index contributed by atoms with van der Waals surface area (Å²) in [5, 5.41) is 18.6. The number of benzene rings is 1. The summed E-state index contributed by atoms with van der Waals surface area (Å²) in [4.78, 5) is 11.0. The zero-order chi connectivity index (χ0) is 14.9. The molecule has 0 aromatic heterocycles. The van der Waals surface area contributed by atoms with Crippen LogP contribution in [-0.2, 0) is 10.0 Å². The highest BCUT2D eigenvalue weighted by Crippen LogP contribution is 2.23. The fourth-order valence-electron chi connectivity index (χ4n) is 2.28. The standard InChI is InChI=1S/C13H17NO5S/c1-9-4-5-11(7-12(9)13(16)17)20(18,19)14-6-2-3-10(15)8-14/h4-5,7,10,15H,2-3,6,8H2,1H3,(H,16,17). The molecule has 6 nitrogen and oxygen atoms in total. The summed E-state index contributed by atoms with van der Waals surface area (Å²) in [7, 11) is -3.76. The maximum atomic E-state index is 12.4. The number of carbonyl (C=O) groups is 1. The molecule has 0 spiro atoms. The number of carboxylic acids is 1. The third kappa shape index (κ3) is 2.84. The van der Waals surface area contributed by atoms with Crippen LogP contribution in [0.1, 0.15) is 28.8 Å². The van der Waals surface area contributed by atoms with Crippen LogP contribution in [0.25, 0.3) is 0 Å². The van der Waals surface area contributed by atoms with Crippen LogP contribution in [-0.4, -0.2) is 48.1 Å². The van der Waals surface area contributed by atoms with E-state index in [2.05, 4.69) is 0 Å². The first-order valence-corrected chi connectivity index (χ1v) is 7.78. The number of hydrogen-bond donors (Lipinski definition) is 2. The van der Waals surface area contributed by atoms with Gasteiger partial charge in [0.15, 0.2) is 0 Å². The number of hydrogen-bond acceptors (Lipinski definition) is 4. The summed E-state index contributed by atoms with van der Waals surface area (Å²) < 4.78 is 26.1. The summed E-state index contributed by atoms with van der Waals surface area (Å²) in [5.41, 5.74) is 0.485. The molecule has 0 bridgehead atoms. The van der Waals surface area contributed by atoms with E-state index in [1.54, 1.807) is 6.92 Å². The highest BCUT2D eigenvalue weighted by molar-refractivity contribution is 7.89. The molecule has 1 aromatic rings. The number of aliphatic hydroxyl groups is 1. The molecular formula is C13H17NO5S. The van der Waals surface area contributed by atoms with E-state index >= 15 is 0 Å². The molecule has 0 aliphatic carbocycles. The highest BCUT2D eigenvalue weighted by atomic mass is 32.2. The Labute approximate surface area is 117 Å². The Morgan fingerprint density at radius 2 is 2.10 bits per heavy atom. The zero-order valence-electron chi connectivity index (χ0n) is 11.1. The van der Waals surface area contributed by atoms with E-state index in [9.17, 15) is 18.3 Å². The molecule has 7 heteroatoms. The topological polar surface area (TPSA) is 94.9 Å². The molecule has 2 rings (SSSR count). The van der Waals surface area contributed by atoms with Gasteiger partial charge in [0.1, 0.15) is 0 Å². The molecule has 0 amide bonds. The number of piperidine rings is 1. The van der Waals surface area contributed by atoms with Gasteiger partial charge in [0.25, 0.3) is 0 Å². The van der Waals surface area contributed by atoms with E-state index in [1.165, 1.54) is 22.5 Å². The van der Waals surface area contributed by atoms with Gasteiger partial charge in [-0.05, 0) is 37.5 Å². The molecular weight excluding hydrogens is 282 g/mol. The van der Waals surface area contributed by atoms with Gasteiger partial charge in [-0.25, -0.2) is 13.2 Å². The lowest BCUT2D eigenvalue weighted by atomic mass is 10.1. The molecule has 1 unspecified atom stereocenters. The Morgan fingerprint density at radius 3 is 2.70 bits per heavy atom. The Bertz CT molecular complexity index is 626. The van der Waals surface area contributed by atoms with Crippen LogP contribution in [0.4, 0.5) is 0 Å². The molecule has 1 heterocycles. The van der Waals surface area contributed by atoms with Crippen LogP contribution in [0.15, 0.2) is 23.1 Å². The third-order valence-electron chi connectivity index (χ3n) is 3.44. The lowest BCUT2D eigenvalue weighted by molar-refractivity contribution is 0.0695. The number of aromatic carboxylic acids is 1. The number of carboxylic acid groups (broad SMARTS) is 1. The summed E-state index contributed by atoms with van der Waals surface area (Å²) in [5.74, 6) is -1.15. The number of aliphatic hydroxyl groups excluding tert-OH is 1. The van der Waals surface area contributed by atoms with Crippen molar-refractivity contribution in [1.29, 1.82) is 0 Å². The van der Waals surface area contributed by atoms with E-state index in [0.29, 0.717) is 24.9 Å². The first-order valence-electron chi connectivity index (χ1n) is 6.34. The van der Waals surface area contributed by atoms with Crippen molar-refractivity contribution in [3.63, 3.8) is 0 Å². The van der Waals surface area contributed by atoms with Crippen molar-refractivity contribution in [2.75, 3.05) is 13.1 Å². The third-order valence-corrected chi connectivity index (χ3v) is 5.30. The van der Waals surface area contributed by atoms with E-state index in [4.69, 9.17) is 5.11 Å². The second-order valence-corrected chi connectivity index (χ2v) is 6.88. The number of β-amino-alcohol motifs (C(OH)–C–C–N with tert-alkyl or cyclic N) is 1. The van der Waals surface area contributed by atoms with Crippen LogP contribution in [0.5, 0.6) is 0 Å². The normalized spacial score (nSPS) is 20.8. The maximum absolute atomic E-state index is 12.4. The molecule has 110 valence electrons. The Hall–Kier alpha value is -1.44. The average Bonchev–Trinajstić information content (AvgIpc) is 2.38. The van der Waals surface area contributed by atoms with Gasteiger partial charge in [-0.2, -0.15) is 4.31 Å². The Morgan fingerprint density at radius 1 is 1.40 bits per heavy atom. The summed E-state index contributed by atoms with van der Waals surface area (Å²) in [6.45, 7) is 2.01. The van der Waals surface area contributed by atoms with Crippen molar-refractivity contribution < 1.29 is 23.4 Å². The van der Waals surface area contributed by atoms with Gasteiger partial charge in [-0.15, -0.1) is 0 Å². The predicted molar refractivity (Wildman–Crippen MR) is 72.1 cm³/mol. The Kier molecular flexibility index (Phi) is 4.12. The van der Waals surface area contributed by atoms with Gasteiger partial charge in [0.2, 0.25) is 10.0 Å². The van der Waals surface area contributed by atoms with E-state index < -0.39 is 22.1 Å². The molecule has 2 N–H and O–H groups in total. The van der Waals surface area contributed by atoms with Crippen molar-refractivity contribution >= 4 is 16.0 Å². The highest BCUT2D eigenvalue weighted by Gasteiger charge is 2.30. The zero-order valence-corrected chi connectivity index (χ0v) is 11.9. The molecule has 1 fully saturated rings. The summed E-state index contributed by atoms with van der Waals surface area (Å²) >= 11 is 0. The maximum Gasteiger partial charge on any atom is 0.335 e. The number of rotatable bonds is 3. The summed E-state index contributed by atoms with van der Waals surface area (Å²) in [6, 6.07) is 4.06. The van der Waals surface area contributed by atoms with Gasteiger partial charge in [-0.3, -0.25) is 0 Å². The van der Waals surface area contributed by atoms with E-state index in [-0.39, 0.29) is 17.0 Å². The molecule has 1 atom stereocenters. The van der Waals surface area contributed by atoms with Gasteiger partial charge in [0.05, 0.1) is 16.6 Å². The molecule has 1 saturated heterocycles. The minimum atomic E-state index is -3.76. The molecule has 1 aliphatic rings. The van der Waals surface area contributed by atoms with Gasteiger partial charge in [-0.1, -0.05) is 6.07 Å². The number of aryl methyl sites for hydroxylation is 1. The number of nitrogens with zero attached hydrogens (tertiary/aromatic N) is 1. The Balaban J connectivity index is 2.39. The van der Waals surface area contributed by atoms with Crippen LogP contribution >= 0.6 is 0 Å². The molecule has 1 aliphatic heterocycles. The van der Waals surface area contributed by atoms with Gasteiger partial charge < -0.3 is 10.2 Å². The molecule has 1 aromatic carbocycles. The average molecular weight is 299 g/mol. The van der Waals surface area contributed by atoms with Crippen LogP contribution in [0.3, 0.4) is 0 Å². The van der Waals surface area contributed by atoms with Gasteiger partial charge in [0, 0.05) is 13.1 Å². The van der Waals surface area contributed by atoms with Crippen molar-refractivity contribution in [2.24, 2.45) is 0 Å². The SMILES string of the molecule is Cc1ccc(S(=O)(=O)N2CCCC(O)C2)cc1C(=O)O. The van der Waals surface area contributed by atoms with Crippen molar-refractivity contribution in [3.05, 3.63) is 29.3 Å². The van der Waals surface area contributed by atoms with Crippen molar-refractivity contribution in [2.45, 2.75) is 30.8 Å². The minimum absolute atomic E-state index is 0.0244. The molecule has 0 radical (unpaired) electrons. The lowest BCUT2D eigenvalue weighted by Crippen LogP contribution is -2.42. The van der Waals surface area contributed by atoms with E-state index in [0.717, 1.165) is 0 Å². The van der Waals surface area contributed by atoms with Crippen LogP contribution in [0, 0.1) is 6.92 Å².